The van der Waals surface area contributed by atoms with Crippen molar-refractivity contribution in [2.24, 2.45) is 5.92 Å². The third-order valence-corrected chi connectivity index (χ3v) is 3.55. The number of likely N-dealkylation sites (tertiary alicyclic amines) is 1. The van der Waals surface area contributed by atoms with Gasteiger partial charge in [-0.2, -0.15) is 0 Å². The van der Waals surface area contributed by atoms with Gasteiger partial charge in [0.2, 0.25) is 0 Å². The third-order valence-electron chi connectivity index (χ3n) is 3.55. The first-order valence-electron chi connectivity index (χ1n) is 6.53. The Labute approximate surface area is 120 Å². The number of aromatic hydroxyl groups is 1. The molecule has 1 aliphatic heterocycles. The van der Waals surface area contributed by atoms with Crippen molar-refractivity contribution < 1.29 is 9.50 Å². The summed E-state index contributed by atoms with van der Waals surface area (Å²) in [5.74, 6) is 0.400. The van der Waals surface area contributed by atoms with Crippen LogP contribution in [0, 0.1) is 11.7 Å². The number of piperidine rings is 1. The van der Waals surface area contributed by atoms with Gasteiger partial charge >= 0.3 is 0 Å². The molecule has 1 saturated heterocycles. The Morgan fingerprint density at radius 1 is 1.32 bits per heavy atom. The van der Waals surface area contributed by atoms with Crippen LogP contribution in [0.3, 0.4) is 0 Å². The van der Waals surface area contributed by atoms with Crippen LogP contribution in [0.5, 0.6) is 5.75 Å². The quantitative estimate of drug-likeness (QED) is 0.893. The van der Waals surface area contributed by atoms with Crippen LogP contribution in [-0.4, -0.2) is 36.7 Å². The first kappa shape index (κ1) is 16.2. The van der Waals surface area contributed by atoms with E-state index in [4.69, 9.17) is 0 Å². The summed E-state index contributed by atoms with van der Waals surface area (Å²) in [5, 5.41) is 12.6. The Morgan fingerprint density at radius 2 is 2.00 bits per heavy atom. The van der Waals surface area contributed by atoms with Crippen LogP contribution in [0.25, 0.3) is 0 Å². The highest BCUT2D eigenvalue weighted by Gasteiger charge is 2.18. The molecule has 2 N–H and O–H groups in total. The van der Waals surface area contributed by atoms with Crippen LogP contribution >= 0.6 is 12.4 Å². The lowest BCUT2D eigenvalue weighted by Gasteiger charge is -2.31. The second kappa shape index (κ2) is 7.68. The lowest BCUT2D eigenvalue weighted by Crippen LogP contribution is -2.36. The molecule has 1 aromatic carbocycles. The molecule has 1 aromatic rings. The summed E-state index contributed by atoms with van der Waals surface area (Å²) in [7, 11) is 1.99. The molecule has 0 aliphatic carbocycles. The molecule has 0 amide bonds. The molecule has 0 atom stereocenters. The zero-order chi connectivity index (χ0) is 13.0. The van der Waals surface area contributed by atoms with E-state index in [0.29, 0.717) is 0 Å². The van der Waals surface area contributed by atoms with Gasteiger partial charge in [-0.3, -0.25) is 4.90 Å². The highest BCUT2D eigenvalue weighted by Crippen LogP contribution is 2.20. The maximum absolute atomic E-state index is 13.2. The monoisotopic (exact) mass is 288 g/mol. The average molecular weight is 289 g/mol. The van der Waals surface area contributed by atoms with Crippen LogP contribution < -0.4 is 5.32 Å². The molecule has 19 heavy (non-hydrogen) atoms. The summed E-state index contributed by atoms with van der Waals surface area (Å²) in [6, 6.07) is 4.28. The van der Waals surface area contributed by atoms with Gasteiger partial charge < -0.3 is 10.4 Å². The number of phenols is 1. The fraction of sp³-hybridized carbons (Fsp3) is 0.571. The molecule has 5 heteroatoms. The first-order chi connectivity index (χ1) is 8.67. The van der Waals surface area contributed by atoms with Crippen molar-refractivity contribution in [1.82, 2.24) is 10.2 Å². The highest BCUT2D eigenvalue weighted by atomic mass is 35.5. The van der Waals surface area contributed by atoms with Crippen molar-refractivity contribution in [3.63, 3.8) is 0 Å². The minimum absolute atomic E-state index is 0. The van der Waals surface area contributed by atoms with Gasteiger partial charge in [0, 0.05) is 12.6 Å². The maximum Gasteiger partial charge on any atom is 0.127 e. The van der Waals surface area contributed by atoms with Gasteiger partial charge in [0.05, 0.1) is 0 Å². The summed E-state index contributed by atoms with van der Waals surface area (Å²) >= 11 is 0. The Balaban J connectivity index is 0.00000180. The van der Waals surface area contributed by atoms with E-state index in [-0.39, 0.29) is 24.0 Å². The average Bonchev–Trinajstić information content (AvgIpc) is 2.31. The molecular formula is C14H22ClFN2O. The molecule has 0 radical (unpaired) electrons. The van der Waals surface area contributed by atoms with E-state index >= 15 is 0 Å². The third kappa shape index (κ3) is 4.97. The number of hydrogen-bond donors (Lipinski definition) is 2. The normalized spacial score (nSPS) is 17.2. The molecule has 1 heterocycles. The minimum atomic E-state index is -0.366. The van der Waals surface area contributed by atoms with Crippen molar-refractivity contribution in [3.8, 4) is 5.75 Å². The molecule has 0 spiro atoms. The summed E-state index contributed by atoms with van der Waals surface area (Å²) in [5.41, 5.74) is 0.847. The predicted octanol–water partition coefficient (Wildman–Crippen LogP) is 2.38. The number of benzene rings is 1. The largest absolute Gasteiger partial charge is 0.508 e. The second-order valence-corrected chi connectivity index (χ2v) is 5.09. The van der Waals surface area contributed by atoms with Gasteiger partial charge in [0.25, 0.3) is 0 Å². The van der Waals surface area contributed by atoms with Crippen molar-refractivity contribution in [2.45, 2.75) is 19.4 Å². The minimum Gasteiger partial charge on any atom is -0.508 e. The summed E-state index contributed by atoms with van der Waals surface area (Å²) < 4.78 is 13.2. The Morgan fingerprint density at radius 3 is 2.58 bits per heavy atom. The molecular weight excluding hydrogens is 267 g/mol. The smallest absolute Gasteiger partial charge is 0.127 e. The maximum atomic E-state index is 13.2. The fourth-order valence-corrected chi connectivity index (χ4v) is 2.62. The molecule has 3 nitrogen and oxygen atoms in total. The number of hydrogen-bond acceptors (Lipinski definition) is 3. The molecule has 1 aliphatic rings. The van der Waals surface area contributed by atoms with E-state index in [1.54, 1.807) is 6.07 Å². The zero-order valence-corrected chi connectivity index (χ0v) is 12.0. The molecule has 0 saturated carbocycles. The summed E-state index contributed by atoms with van der Waals surface area (Å²) in [6.07, 6.45) is 2.37. The van der Waals surface area contributed by atoms with Gasteiger partial charge in [-0.25, -0.2) is 4.39 Å². The van der Waals surface area contributed by atoms with Gasteiger partial charge in [-0.05, 0) is 63.1 Å². The van der Waals surface area contributed by atoms with Crippen molar-refractivity contribution in [1.29, 1.82) is 0 Å². The van der Waals surface area contributed by atoms with Crippen LogP contribution in [0.4, 0.5) is 4.39 Å². The van der Waals surface area contributed by atoms with Gasteiger partial charge in [0.1, 0.15) is 11.6 Å². The zero-order valence-electron chi connectivity index (χ0n) is 11.2. The number of halogens is 2. The second-order valence-electron chi connectivity index (χ2n) is 5.09. The van der Waals surface area contributed by atoms with Crippen LogP contribution in [-0.2, 0) is 6.54 Å². The van der Waals surface area contributed by atoms with Crippen molar-refractivity contribution in [3.05, 3.63) is 29.6 Å². The molecule has 0 bridgehead atoms. The van der Waals surface area contributed by atoms with E-state index in [0.717, 1.165) is 43.7 Å². The molecule has 2 rings (SSSR count). The van der Waals surface area contributed by atoms with Gasteiger partial charge in [0.15, 0.2) is 0 Å². The number of nitrogens with zero attached hydrogens (tertiary/aromatic N) is 1. The van der Waals surface area contributed by atoms with Crippen LogP contribution in [0.1, 0.15) is 18.4 Å². The van der Waals surface area contributed by atoms with Crippen LogP contribution in [0.2, 0.25) is 0 Å². The lowest BCUT2D eigenvalue weighted by atomic mass is 9.96. The molecule has 108 valence electrons. The highest BCUT2D eigenvalue weighted by molar-refractivity contribution is 5.85. The topological polar surface area (TPSA) is 35.5 Å². The number of nitrogens with one attached hydrogen (secondary N) is 1. The van der Waals surface area contributed by atoms with E-state index in [1.165, 1.54) is 18.9 Å². The molecule has 1 fully saturated rings. The van der Waals surface area contributed by atoms with E-state index in [1.807, 2.05) is 7.05 Å². The Kier molecular flexibility index (Phi) is 6.55. The van der Waals surface area contributed by atoms with Crippen molar-refractivity contribution >= 4 is 12.4 Å². The Bertz CT molecular complexity index is 375. The van der Waals surface area contributed by atoms with E-state index in [9.17, 15) is 9.50 Å². The number of phenolic OH excluding ortho intramolecular Hbond substituents is 1. The molecule has 0 unspecified atom stereocenters. The van der Waals surface area contributed by atoms with Gasteiger partial charge in [-0.1, -0.05) is 0 Å². The van der Waals surface area contributed by atoms with Crippen molar-refractivity contribution in [2.75, 3.05) is 26.7 Å². The van der Waals surface area contributed by atoms with E-state index in [2.05, 4.69) is 10.2 Å². The Hall–Kier alpha value is -0.840. The first-order valence-corrected chi connectivity index (χ1v) is 6.53. The summed E-state index contributed by atoms with van der Waals surface area (Å²) in [4.78, 5) is 2.32. The van der Waals surface area contributed by atoms with Gasteiger partial charge in [-0.15, -0.1) is 12.4 Å². The predicted molar refractivity (Wildman–Crippen MR) is 77.2 cm³/mol. The standard InChI is InChI=1S/C14H21FN2O.ClH/c1-16-9-11-2-4-17(5-3-11)10-12-6-13(15)8-14(18)7-12;/h6-8,11,16,18H,2-5,9-10H2,1H3;1H. The number of rotatable bonds is 4. The SMILES string of the molecule is CNCC1CCN(Cc2cc(O)cc(F)c2)CC1.Cl. The summed E-state index contributed by atoms with van der Waals surface area (Å²) in [6.45, 7) is 3.89. The van der Waals surface area contributed by atoms with Crippen LogP contribution in [0.15, 0.2) is 18.2 Å². The lowest BCUT2D eigenvalue weighted by molar-refractivity contribution is 0.176. The fourth-order valence-electron chi connectivity index (χ4n) is 2.62. The van der Waals surface area contributed by atoms with E-state index < -0.39 is 0 Å². The molecule has 0 aromatic heterocycles.